The number of nitrogens with one attached hydrogen (secondary N) is 1. The van der Waals surface area contributed by atoms with Crippen molar-refractivity contribution >= 4 is 28.3 Å². The predicted molar refractivity (Wildman–Crippen MR) is 76.6 cm³/mol. The normalized spacial score (nSPS) is 17.4. The summed E-state index contributed by atoms with van der Waals surface area (Å²) in [6.07, 6.45) is 2.45. The average Bonchev–Trinajstić information content (AvgIpc) is 2.80. The van der Waals surface area contributed by atoms with Crippen LogP contribution in [0.5, 0.6) is 0 Å². The molecule has 110 valence electrons. The summed E-state index contributed by atoms with van der Waals surface area (Å²) in [5.41, 5.74) is 6.32. The molecule has 0 aromatic carbocycles. The third-order valence-corrected chi connectivity index (χ3v) is 4.21. The van der Waals surface area contributed by atoms with Crippen molar-refractivity contribution in [2.45, 2.75) is 32.6 Å². The van der Waals surface area contributed by atoms with Crippen LogP contribution in [0.25, 0.3) is 0 Å². The lowest BCUT2D eigenvalue weighted by molar-refractivity contribution is -0.148. The molecule has 0 fully saturated rings. The van der Waals surface area contributed by atoms with Gasteiger partial charge in [-0.25, -0.2) is 4.98 Å². The zero-order valence-electron chi connectivity index (χ0n) is 11.5. The van der Waals surface area contributed by atoms with Gasteiger partial charge in [-0.05, 0) is 26.2 Å². The summed E-state index contributed by atoms with van der Waals surface area (Å²) in [6, 6.07) is 0. The lowest BCUT2D eigenvalue weighted by atomic mass is 9.91. The third-order valence-electron chi connectivity index (χ3n) is 3.18. The van der Waals surface area contributed by atoms with Crippen LogP contribution in [-0.4, -0.2) is 30.0 Å². The molecule has 1 aromatic heterocycles. The Morgan fingerprint density at radius 3 is 3.05 bits per heavy atom. The number of carbonyl (C=O) groups is 2. The van der Waals surface area contributed by atoms with E-state index in [-0.39, 0.29) is 24.2 Å². The monoisotopic (exact) mass is 297 g/mol. The standard InChI is InChI=1S/C13H19N3O3S/c1-2-19-12(18)8-3-4-9-10(7-8)20-13(15-9)16-11(17)5-6-14/h8H,2-7,14H2,1H3,(H,15,16,17). The summed E-state index contributed by atoms with van der Waals surface area (Å²) in [5, 5.41) is 3.34. The van der Waals surface area contributed by atoms with Crippen LogP contribution in [0.4, 0.5) is 5.13 Å². The van der Waals surface area contributed by atoms with E-state index < -0.39 is 0 Å². The molecule has 0 aliphatic heterocycles. The van der Waals surface area contributed by atoms with Gasteiger partial charge in [0.05, 0.1) is 18.2 Å². The fourth-order valence-electron chi connectivity index (χ4n) is 2.20. The number of esters is 1. The molecule has 1 unspecified atom stereocenters. The van der Waals surface area contributed by atoms with Crippen molar-refractivity contribution in [2.24, 2.45) is 11.7 Å². The van der Waals surface area contributed by atoms with Crippen LogP contribution < -0.4 is 11.1 Å². The van der Waals surface area contributed by atoms with Gasteiger partial charge < -0.3 is 15.8 Å². The van der Waals surface area contributed by atoms with E-state index >= 15 is 0 Å². The molecule has 3 N–H and O–H groups in total. The lowest BCUT2D eigenvalue weighted by Crippen LogP contribution is -2.24. The van der Waals surface area contributed by atoms with E-state index in [0.29, 0.717) is 24.7 Å². The summed E-state index contributed by atoms with van der Waals surface area (Å²) in [7, 11) is 0. The van der Waals surface area contributed by atoms with E-state index in [1.54, 1.807) is 0 Å². The Hall–Kier alpha value is -1.47. The second-order valence-electron chi connectivity index (χ2n) is 4.67. The van der Waals surface area contributed by atoms with Gasteiger partial charge in [0.2, 0.25) is 5.91 Å². The first-order chi connectivity index (χ1) is 9.63. The molecular weight excluding hydrogens is 278 g/mol. The van der Waals surface area contributed by atoms with Crippen LogP contribution in [0, 0.1) is 5.92 Å². The number of thiazole rings is 1. The molecule has 0 saturated heterocycles. The van der Waals surface area contributed by atoms with Crippen molar-refractivity contribution in [3.05, 3.63) is 10.6 Å². The van der Waals surface area contributed by atoms with Gasteiger partial charge >= 0.3 is 5.97 Å². The highest BCUT2D eigenvalue weighted by Crippen LogP contribution is 2.32. The van der Waals surface area contributed by atoms with Crippen molar-refractivity contribution in [3.63, 3.8) is 0 Å². The molecule has 7 heteroatoms. The molecule has 0 spiro atoms. The summed E-state index contributed by atoms with van der Waals surface area (Å²) in [6.45, 7) is 2.54. The zero-order chi connectivity index (χ0) is 14.5. The van der Waals surface area contributed by atoms with E-state index in [4.69, 9.17) is 10.5 Å². The van der Waals surface area contributed by atoms with E-state index in [1.165, 1.54) is 11.3 Å². The van der Waals surface area contributed by atoms with Gasteiger partial charge in [0.15, 0.2) is 5.13 Å². The van der Waals surface area contributed by atoms with E-state index in [1.807, 2.05) is 6.92 Å². The number of aryl methyl sites for hydroxylation is 1. The van der Waals surface area contributed by atoms with Gasteiger partial charge in [-0.1, -0.05) is 0 Å². The Morgan fingerprint density at radius 2 is 2.35 bits per heavy atom. The van der Waals surface area contributed by atoms with Crippen molar-refractivity contribution in [1.29, 1.82) is 0 Å². The number of nitrogens with two attached hydrogens (primary N) is 1. The first kappa shape index (κ1) is 14.9. The molecule has 1 atom stereocenters. The molecule has 2 rings (SSSR count). The molecule has 1 aliphatic rings. The van der Waals surface area contributed by atoms with Crippen LogP contribution >= 0.6 is 11.3 Å². The Kier molecular flexibility index (Phi) is 5.08. The highest BCUT2D eigenvalue weighted by Gasteiger charge is 2.28. The number of ether oxygens (including phenoxy) is 1. The van der Waals surface area contributed by atoms with Crippen LogP contribution in [0.1, 0.15) is 30.3 Å². The number of rotatable bonds is 5. The quantitative estimate of drug-likeness (QED) is 0.794. The smallest absolute Gasteiger partial charge is 0.309 e. The minimum atomic E-state index is -0.139. The fourth-order valence-corrected chi connectivity index (χ4v) is 3.31. The molecule has 6 nitrogen and oxygen atoms in total. The van der Waals surface area contributed by atoms with Gasteiger partial charge in [0.25, 0.3) is 0 Å². The van der Waals surface area contributed by atoms with E-state index in [2.05, 4.69) is 10.3 Å². The summed E-state index contributed by atoms with van der Waals surface area (Å²) in [4.78, 5) is 28.7. The van der Waals surface area contributed by atoms with Gasteiger partial charge in [-0.15, -0.1) is 11.3 Å². The van der Waals surface area contributed by atoms with Gasteiger partial charge in [-0.3, -0.25) is 9.59 Å². The Balaban J connectivity index is 2.00. The molecule has 0 saturated carbocycles. The number of hydrogen-bond donors (Lipinski definition) is 2. The van der Waals surface area contributed by atoms with Crippen molar-refractivity contribution in [2.75, 3.05) is 18.5 Å². The molecule has 1 aromatic rings. The number of hydrogen-bond acceptors (Lipinski definition) is 6. The molecule has 0 radical (unpaired) electrons. The van der Waals surface area contributed by atoms with Gasteiger partial charge in [0.1, 0.15) is 0 Å². The molecule has 1 heterocycles. The molecule has 0 bridgehead atoms. The van der Waals surface area contributed by atoms with E-state index in [0.717, 1.165) is 23.4 Å². The summed E-state index contributed by atoms with van der Waals surface area (Å²) >= 11 is 1.44. The van der Waals surface area contributed by atoms with Crippen molar-refractivity contribution < 1.29 is 14.3 Å². The minimum Gasteiger partial charge on any atom is -0.466 e. The number of fused-ring (bicyclic) bond motifs is 1. The second-order valence-corrected chi connectivity index (χ2v) is 5.75. The first-order valence-corrected chi connectivity index (χ1v) is 7.60. The van der Waals surface area contributed by atoms with Crippen molar-refractivity contribution in [3.8, 4) is 0 Å². The molecule has 20 heavy (non-hydrogen) atoms. The van der Waals surface area contributed by atoms with Crippen LogP contribution in [-0.2, 0) is 27.2 Å². The number of carbonyl (C=O) groups excluding carboxylic acids is 2. The van der Waals surface area contributed by atoms with Crippen LogP contribution in [0.2, 0.25) is 0 Å². The maximum Gasteiger partial charge on any atom is 0.309 e. The summed E-state index contributed by atoms with van der Waals surface area (Å²) < 4.78 is 5.06. The van der Waals surface area contributed by atoms with Crippen LogP contribution in [0.3, 0.4) is 0 Å². The topological polar surface area (TPSA) is 94.3 Å². The number of anilines is 1. The zero-order valence-corrected chi connectivity index (χ0v) is 12.3. The van der Waals surface area contributed by atoms with Crippen LogP contribution in [0.15, 0.2) is 0 Å². The average molecular weight is 297 g/mol. The molecule has 1 amide bonds. The predicted octanol–water partition coefficient (Wildman–Crippen LogP) is 1.10. The highest BCUT2D eigenvalue weighted by molar-refractivity contribution is 7.15. The Labute approximate surface area is 121 Å². The fraction of sp³-hybridized carbons (Fsp3) is 0.615. The van der Waals surface area contributed by atoms with Gasteiger partial charge in [-0.2, -0.15) is 0 Å². The minimum absolute atomic E-state index is 0.0875. The largest absolute Gasteiger partial charge is 0.466 e. The SMILES string of the molecule is CCOC(=O)C1CCc2nc(NC(=O)CCN)sc2C1. The second kappa shape index (κ2) is 6.81. The maximum absolute atomic E-state index is 11.8. The first-order valence-electron chi connectivity index (χ1n) is 6.79. The lowest BCUT2D eigenvalue weighted by Gasteiger charge is -2.18. The highest BCUT2D eigenvalue weighted by atomic mass is 32.1. The Bertz CT molecular complexity index is 501. The maximum atomic E-state index is 11.8. The number of aromatic nitrogens is 1. The molecule has 1 aliphatic carbocycles. The van der Waals surface area contributed by atoms with Gasteiger partial charge in [0, 0.05) is 17.8 Å². The number of nitrogens with zero attached hydrogens (tertiary/aromatic N) is 1. The summed E-state index contributed by atoms with van der Waals surface area (Å²) in [5.74, 6) is -0.351. The number of amides is 1. The Morgan fingerprint density at radius 1 is 1.55 bits per heavy atom. The van der Waals surface area contributed by atoms with Crippen molar-refractivity contribution in [1.82, 2.24) is 4.98 Å². The molecular formula is C13H19N3O3S. The van der Waals surface area contributed by atoms with E-state index in [9.17, 15) is 9.59 Å². The third kappa shape index (κ3) is 3.55.